The van der Waals surface area contributed by atoms with Gasteiger partial charge in [0.25, 0.3) is 0 Å². The highest BCUT2D eigenvalue weighted by Crippen LogP contribution is 2.29. The van der Waals surface area contributed by atoms with Crippen LogP contribution in [-0.2, 0) is 4.79 Å². The number of ether oxygens (including phenoxy) is 1. The lowest BCUT2D eigenvalue weighted by Crippen LogP contribution is -2.45. The first-order valence-corrected chi connectivity index (χ1v) is 6.76. The average Bonchev–Trinajstić information content (AvgIpc) is 2.46. The van der Waals surface area contributed by atoms with Gasteiger partial charge in [-0.25, -0.2) is 0 Å². The highest BCUT2D eigenvalue weighted by atomic mass is 16.5. The van der Waals surface area contributed by atoms with Gasteiger partial charge in [-0.05, 0) is 44.0 Å². The molecule has 2 unspecified atom stereocenters. The molecule has 4 heteroatoms. The van der Waals surface area contributed by atoms with Crippen LogP contribution < -0.4 is 4.74 Å². The fourth-order valence-electron chi connectivity index (χ4n) is 2.76. The molecule has 2 atom stereocenters. The molecule has 4 nitrogen and oxygen atoms in total. The lowest BCUT2D eigenvalue weighted by Gasteiger charge is -2.37. The second-order valence-electron chi connectivity index (χ2n) is 5.04. The van der Waals surface area contributed by atoms with Crippen molar-refractivity contribution in [1.82, 2.24) is 4.90 Å². The number of methoxy groups -OCH3 is 1. The van der Waals surface area contributed by atoms with E-state index >= 15 is 0 Å². The van der Waals surface area contributed by atoms with Crippen LogP contribution in [0.4, 0.5) is 0 Å². The van der Waals surface area contributed by atoms with Crippen LogP contribution in [0.5, 0.6) is 5.75 Å². The Labute approximate surface area is 114 Å². The van der Waals surface area contributed by atoms with E-state index in [-0.39, 0.29) is 12.1 Å². The fourth-order valence-corrected chi connectivity index (χ4v) is 2.76. The minimum atomic E-state index is -0.708. The maximum atomic E-state index is 11.3. The van der Waals surface area contributed by atoms with Gasteiger partial charge in [0, 0.05) is 6.04 Å². The summed E-state index contributed by atoms with van der Waals surface area (Å²) in [6.45, 7) is 2.92. The van der Waals surface area contributed by atoms with E-state index in [9.17, 15) is 9.90 Å². The summed E-state index contributed by atoms with van der Waals surface area (Å²) in [6.07, 6.45) is 2.82. The molecule has 1 saturated heterocycles. The van der Waals surface area contributed by atoms with Gasteiger partial charge in [0.05, 0.1) is 7.11 Å². The van der Waals surface area contributed by atoms with Crippen LogP contribution >= 0.6 is 0 Å². The zero-order valence-corrected chi connectivity index (χ0v) is 11.5. The topological polar surface area (TPSA) is 49.8 Å². The monoisotopic (exact) mass is 263 g/mol. The number of piperidine rings is 1. The number of likely N-dealkylation sites (tertiary alicyclic amines) is 1. The van der Waals surface area contributed by atoms with Crippen molar-refractivity contribution in [2.24, 2.45) is 0 Å². The zero-order valence-electron chi connectivity index (χ0n) is 11.5. The van der Waals surface area contributed by atoms with Crippen LogP contribution in [0.25, 0.3) is 0 Å². The average molecular weight is 263 g/mol. The molecule has 19 heavy (non-hydrogen) atoms. The molecule has 104 valence electrons. The van der Waals surface area contributed by atoms with Crippen LogP contribution in [0.1, 0.15) is 37.8 Å². The molecule has 0 aromatic heterocycles. The van der Waals surface area contributed by atoms with Gasteiger partial charge in [0.15, 0.2) is 0 Å². The molecule has 0 spiro atoms. The Hall–Kier alpha value is -1.55. The first kappa shape index (κ1) is 13.9. The third-order valence-corrected chi connectivity index (χ3v) is 3.92. The third-order valence-electron chi connectivity index (χ3n) is 3.92. The molecular weight excluding hydrogens is 242 g/mol. The van der Waals surface area contributed by atoms with Crippen molar-refractivity contribution in [1.29, 1.82) is 0 Å². The van der Waals surface area contributed by atoms with Gasteiger partial charge in [0.1, 0.15) is 11.8 Å². The van der Waals surface area contributed by atoms with Crippen molar-refractivity contribution in [2.45, 2.75) is 38.3 Å². The quantitative estimate of drug-likeness (QED) is 0.907. The molecule has 2 rings (SSSR count). The van der Waals surface area contributed by atoms with Gasteiger partial charge in [-0.15, -0.1) is 0 Å². The summed E-state index contributed by atoms with van der Waals surface area (Å²) >= 11 is 0. The molecule has 1 aliphatic rings. The Balaban J connectivity index is 2.15. The standard InChI is InChI=1S/C15H21NO3/c1-11(12-6-8-13(19-2)9-7-12)16-10-4-3-5-14(16)15(17)18/h6-9,11,14H,3-5,10H2,1-2H3,(H,17,18). The SMILES string of the molecule is COc1ccc(C(C)N2CCCCC2C(=O)O)cc1. The summed E-state index contributed by atoms with van der Waals surface area (Å²) in [5.74, 6) is 0.115. The molecule has 0 aliphatic carbocycles. The molecule has 1 fully saturated rings. The molecule has 1 aromatic rings. The molecule has 0 radical (unpaired) electrons. The second kappa shape index (κ2) is 6.06. The maximum absolute atomic E-state index is 11.3. The molecule has 1 heterocycles. The van der Waals surface area contributed by atoms with E-state index in [0.29, 0.717) is 0 Å². The van der Waals surface area contributed by atoms with E-state index in [2.05, 4.69) is 11.8 Å². The van der Waals surface area contributed by atoms with Gasteiger partial charge >= 0.3 is 5.97 Å². The summed E-state index contributed by atoms with van der Waals surface area (Å²) in [5, 5.41) is 9.32. The van der Waals surface area contributed by atoms with E-state index in [1.807, 2.05) is 24.3 Å². The number of aliphatic carboxylic acids is 1. The van der Waals surface area contributed by atoms with E-state index in [0.717, 1.165) is 37.1 Å². The summed E-state index contributed by atoms with van der Waals surface area (Å²) in [7, 11) is 1.64. The first-order valence-electron chi connectivity index (χ1n) is 6.76. The largest absolute Gasteiger partial charge is 0.497 e. The van der Waals surface area contributed by atoms with Crippen molar-refractivity contribution in [3.8, 4) is 5.75 Å². The number of carboxylic acids is 1. The highest BCUT2D eigenvalue weighted by molar-refractivity contribution is 5.73. The number of nitrogens with zero attached hydrogens (tertiary/aromatic N) is 1. The van der Waals surface area contributed by atoms with Crippen LogP contribution in [0.2, 0.25) is 0 Å². The number of carboxylic acid groups (broad SMARTS) is 1. The predicted molar refractivity (Wildman–Crippen MR) is 73.4 cm³/mol. The summed E-state index contributed by atoms with van der Waals surface area (Å²) in [5.41, 5.74) is 1.13. The number of rotatable bonds is 4. The Morgan fingerprint density at radius 3 is 2.63 bits per heavy atom. The van der Waals surface area contributed by atoms with E-state index in [4.69, 9.17) is 4.74 Å². The fraction of sp³-hybridized carbons (Fsp3) is 0.533. The molecule has 0 saturated carbocycles. The van der Waals surface area contributed by atoms with Crippen LogP contribution in [0.15, 0.2) is 24.3 Å². The number of carbonyl (C=O) groups is 1. The minimum absolute atomic E-state index is 0.118. The van der Waals surface area contributed by atoms with Gasteiger partial charge in [-0.3, -0.25) is 9.69 Å². The minimum Gasteiger partial charge on any atom is -0.497 e. The first-order chi connectivity index (χ1) is 9.13. The van der Waals surface area contributed by atoms with Gasteiger partial charge < -0.3 is 9.84 Å². The number of hydrogen-bond acceptors (Lipinski definition) is 3. The Bertz CT molecular complexity index is 430. The molecular formula is C15H21NO3. The van der Waals surface area contributed by atoms with Crippen molar-refractivity contribution in [3.63, 3.8) is 0 Å². The van der Waals surface area contributed by atoms with Crippen molar-refractivity contribution in [3.05, 3.63) is 29.8 Å². The Kier molecular flexibility index (Phi) is 4.43. The number of benzene rings is 1. The number of hydrogen-bond donors (Lipinski definition) is 1. The summed E-state index contributed by atoms with van der Waals surface area (Å²) in [4.78, 5) is 13.4. The lowest BCUT2D eigenvalue weighted by molar-refractivity contribution is -0.145. The molecule has 0 amide bonds. The highest BCUT2D eigenvalue weighted by Gasteiger charge is 2.32. The normalized spacial score (nSPS) is 21.9. The lowest BCUT2D eigenvalue weighted by atomic mass is 9.97. The van der Waals surface area contributed by atoms with E-state index < -0.39 is 5.97 Å². The van der Waals surface area contributed by atoms with Crippen molar-refractivity contribution in [2.75, 3.05) is 13.7 Å². The van der Waals surface area contributed by atoms with Crippen LogP contribution in [0.3, 0.4) is 0 Å². The smallest absolute Gasteiger partial charge is 0.320 e. The van der Waals surface area contributed by atoms with Gasteiger partial charge in [0.2, 0.25) is 0 Å². The Morgan fingerprint density at radius 1 is 1.37 bits per heavy atom. The van der Waals surface area contributed by atoms with E-state index in [1.165, 1.54) is 0 Å². The Morgan fingerprint density at radius 2 is 2.05 bits per heavy atom. The summed E-state index contributed by atoms with van der Waals surface area (Å²) < 4.78 is 5.15. The van der Waals surface area contributed by atoms with Gasteiger partial charge in [-0.2, -0.15) is 0 Å². The summed E-state index contributed by atoms with van der Waals surface area (Å²) in [6, 6.07) is 7.63. The van der Waals surface area contributed by atoms with Gasteiger partial charge in [-0.1, -0.05) is 18.6 Å². The van der Waals surface area contributed by atoms with Crippen LogP contribution in [-0.4, -0.2) is 35.7 Å². The molecule has 1 aliphatic heterocycles. The van der Waals surface area contributed by atoms with Crippen molar-refractivity contribution >= 4 is 5.97 Å². The van der Waals surface area contributed by atoms with Crippen molar-refractivity contribution < 1.29 is 14.6 Å². The zero-order chi connectivity index (χ0) is 13.8. The van der Waals surface area contributed by atoms with Crippen LogP contribution in [0, 0.1) is 0 Å². The van der Waals surface area contributed by atoms with E-state index in [1.54, 1.807) is 7.11 Å². The molecule has 1 N–H and O–H groups in total. The molecule has 1 aromatic carbocycles. The third kappa shape index (κ3) is 3.07. The maximum Gasteiger partial charge on any atom is 0.320 e. The second-order valence-corrected chi connectivity index (χ2v) is 5.04. The predicted octanol–water partition coefficient (Wildman–Crippen LogP) is 2.70. The molecule has 0 bridgehead atoms.